The van der Waals surface area contributed by atoms with Crippen LogP contribution in [0.25, 0.3) is 0 Å². The van der Waals surface area contributed by atoms with Gasteiger partial charge in [-0.15, -0.1) is 0 Å². The van der Waals surface area contributed by atoms with Gasteiger partial charge in [-0.25, -0.2) is 0 Å². The number of rotatable bonds is 9. The molecule has 0 saturated carbocycles. The van der Waals surface area contributed by atoms with Crippen LogP contribution in [0.2, 0.25) is 0 Å². The second-order valence-corrected chi connectivity index (χ2v) is 5.85. The third kappa shape index (κ3) is 7.25. The van der Waals surface area contributed by atoms with Crippen molar-refractivity contribution >= 4 is 5.97 Å². The van der Waals surface area contributed by atoms with E-state index in [9.17, 15) is 4.79 Å². The molecule has 0 amide bonds. The normalized spacial score (nSPS) is 12.4. The van der Waals surface area contributed by atoms with E-state index in [0.717, 1.165) is 17.5 Å². The number of esters is 1. The van der Waals surface area contributed by atoms with E-state index in [2.05, 4.69) is 13.8 Å². The van der Waals surface area contributed by atoms with Gasteiger partial charge in [-0.05, 0) is 35.9 Å². The fourth-order valence-electron chi connectivity index (χ4n) is 2.29. The van der Waals surface area contributed by atoms with Crippen molar-refractivity contribution in [2.75, 3.05) is 13.7 Å². The molecule has 0 aliphatic heterocycles. The van der Waals surface area contributed by atoms with E-state index in [-0.39, 0.29) is 11.9 Å². The van der Waals surface area contributed by atoms with E-state index in [1.807, 2.05) is 24.3 Å². The highest BCUT2D eigenvalue weighted by Gasteiger charge is 2.15. The molecule has 0 aromatic heterocycles. The standard InChI is InChI=1S/C17H27NO3/c1-13(2)8-16(10-18)9-17(19)21-12-15-6-4-14(5-7-15)11-20-3/h4-7,13,16H,8-12,18H2,1-3H3/t16-/m0/s1. The molecule has 2 N–H and O–H groups in total. The van der Waals surface area contributed by atoms with Gasteiger partial charge in [-0.3, -0.25) is 4.79 Å². The van der Waals surface area contributed by atoms with Crippen LogP contribution in [0, 0.1) is 11.8 Å². The summed E-state index contributed by atoms with van der Waals surface area (Å²) in [6.45, 7) is 5.70. The van der Waals surface area contributed by atoms with E-state index in [4.69, 9.17) is 15.2 Å². The predicted octanol–water partition coefficient (Wildman–Crippen LogP) is 2.89. The number of hydrogen-bond donors (Lipinski definition) is 1. The zero-order valence-corrected chi connectivity index (χ0v) is 13.3. The first-order valence-electron chi connectivity index (χ1n) is 7.47. The molecular formula is C17H27NO3. The third-order valence-corrected chi connectivity index (χ3v) is 3.33. The highest BCUT2D eigenvalue weighted by Crippen LogP contribution is 2.15. The Hall–Kier alpha value is -1.39. The molecule has 4 heteroatoms. The molecule has 0 spiro atoms. The van der Waals surface area contributed by atoms with Crippen molar-refractivity contribution in [3.05, 3.63) is 35.4 Å². The van der Waals surface area contributed by atoms with Crippen molar-refractivity contribution in [2.24, 2.45) is 17.6 Å². The van der Waals surface area contributed by atoms with Gasteiger partial charge in [-0.1, -0.05) is 38.1 Å². The Morgan fingerprint density at radius 1 is 1.14 bits per heavy atom. The Morgan fingerprint density at radius 2 is 1.71 bits per heavy atom. The summed E-state index contributed by atoms with van der Waals surface area (Å²) in [7, 11) is 1.67. The zero-order chi connectivity index (χ0) is 15.7. The molecule has 1 aromatic carbocycles. The summed E-state index contributed by atoms with van der Waals surface area (Å²) in [5, 5.41) is 0. The summed E-state index contributed by atoms with van der Waals surface area (Å²) in [5.74, 6) is 0.577. The number of carbonyl (C=O) groups is 1. The van der Waals surface area contributed by atoms with Crippen LogP contribution in [-0.2, 0) is 27.5 Å². The minimum Gasteiger partial charge on any atom is -0.461 e. The predicted molar refractivity (Wildman–Crippen MR) is 83.6 cm³/mol. The van der Waals surface area contributed by atoms with Crippen LogP contribution < -0.4 is 5.73 Å². The van der Waals surface area contributed by atoms with E-state index < -0.39 is 0 Å². The average Bonchev–Trinajstić information content (AvgIpc) is 2.45. The van der Waals surface area contributed by atoms with Crippen molar-refractivity contribution in [1.82, 2.24) is 0 Å². The number of carbonyl (C=O) groups excluding carboxylic acids is 1. The van der Waals surface area contributed by atoms with E-state index in [0.29, 0.717) is 32.1 Å². The van der Waals surface area contributed by atoms with Crippen molar-refractivity contribution in [2.45, 2.75) is 39.9 Å². The first kappa shape index (κ1) is 17.7. The summed E-state index contributed by atoms with van der Waals surface area (Å²) < 4.78 is 10.4. The second kappa shape index (κ2) is 9.53. The van der Waals surface area contributed by atoms with Gasteiger partial charge in [0.1, 0.15) is 6.61 Å². The molecule has 0 bridgehead atoms. The second-order valence-electron chi connectivity index (χ2n) is 5.85. The van der Waals surface area contributed by atoms with Crippen molar-refractivity contribution in [3.63, 3.8) is 0 Å². The van der Waals surface area contributed by atoms with Gasteiger partial charge in [0.15, 0.2) is 0 Å². The van der Waals surface area contributed by atoms with Crippen molar-refractivity contribution < 1.29 is 14.3 Å². The van der Waals surface area contributed by atoms with Gasteiger partial charge < -0.3 is 15.2 Å². The molecule has 4 nitrogen and oxygen atoms in total. The fourth-order valence-corrected chi connectivity index (χ4v) is 2.29. The molecule has 0 aliphatic carbocycles. The van der Waals surface area contributed by atoms with Crippen molar-refractivity contribution in [3.8, 4) is 0 Å². The fraction of sp³-hybridized carbons (Fsp3) is 0.588. The monoisotopic (exact) mass is 293 g/mol. The van der Waals surface area contributed by atoms with Crippen LogP contribution in [0.1, 0.15) is 37.8 Å². The Kier molecular flexibility index (Phi) is 8.01. The number of benzene rings is 1. The molecule has 0 heterocycles. The minimum atomic E-state index is -0.174. The third-order valence-electron chi connectivity index (χ3n) is 3.33. The van der Waals surface area contributed by atoms with Crippen LogP contribution in [0.5, 0.6) is 0 Å². The van der Waals surface area contributed by atoms with Crippen LogP contribution in [0.4, 0.5) is 0 Å². The van der Waals surface area contributed by atoms with Gasteiger partial charge in [0.2, 0.25) is 0 Å². The summed E-state index contributed by atoms with van der Waals surface area (Å²) in [6.07, 6.45) is 1.35. The maximum Gasteiger partial charge on any atom is 0.306 e. The molecule has 21 heavy (non-hydrogen) atoms. The molecule has 1 aromatic rings. The summed E-state index contributed by atoms with van der Waals surface area (Å²) in [5.41, 5.74) is 7.79. The lowest BCUT2D eigenvalue weighted by Gasteiger charge is -2.16. The maximum absolute atomic E-state index is 11.8. The van der Waals surface area contributed by atoms with E-state index in [1.54, 1.807) is 7.11 Å². The average molecular weight is 293 g/mol. The topological polar surface area (TPSA) is 61.5 Å². The lowest BCUT2D eigenvalue weighted by atomic mass is 9.94. The molecule has 1 rings (SSSR count). The molecular weight excluding hydrogens is 266 g/mol. The van der Waals surface area contributed by atoms with Crippen LogP contribution in [0.3, 0.4) is 0 Å². The van der Waals surface area contributed by atoms with Crippen molar-refractivity contribution in [1.29, 1.82) is 0 Å². The molecule has 0 unspecified atom stereocenters. The first-order valence-corrected chi connectivity index (χ1v) is 7.47. The number of nitrogens with two attached hydrogens (primary N) is 1. The first-order chi connectivity index (χ1) is 10.0. The lowest BCUT2D eigenvalue weighted by molar-refractivity contribution is -0.146. The van der Waals surface area contributed by atoms with Gasteiger partial charge in [0.25, 0.3) is 0 Å². The Labute approximate surface area is 127 Å². The smallest absolute Gasteiger partial charge is 0.306 e. The van der Waals surface area contributed by atoms with Crippen LogP contribution in [-0.4, -0.2) is 19.6 Å². The molecule has 1 atom stereocenters. The molecule has 0 aliphatic rings. The quantitative estimate of drug-likeness (QED) is 0.711. The SMILES string of the molecule is COCc1ccc(COC(=O)C[C@@H](CN)CC(C)C)cc1. The Bertz CT molecular complexity index is 415. The van der Waals surface area contributed by atoms with E-state index in [1.165, 1.54) is 0 Å². The van der Waals surface area contributed by atoms with Gasteiger partial charge in [0, 0.05) is 13.5 Å². The molecule has 118 valence electrons. The number of ether oxygens (including phenoxy) is 2. The Morgan fingerprint density at radius 3 is 2.19 bits per heavy atom. The molecule has 0 saturated heterocycles. The van der Waals surface area contributed by atoms with Crippen LogP contribution in [0.15, 0.2) is 24.3 Å². The number of methoxy groups -OCH3 is 1. The summed E-state index contributed by atoms with van der Waals surface area (Å²) in [4.78, 5) is 11.8. The highest BCUT2D eigenvalue weighted by molar-refractivity contribution is 5.69. The van der Waals surface area contributed by atoms with Gasteiger partial charge in [-0.2, -0.15) is 0 Å². The molecule has 0 fully saturated rings. The molecule has 0 radical (unpaired) electrons. The Balaban J connectivity index is 2.38. The maximum atomic E-state index is 11.8. The largest absolute Gasteiger partial charge is 0.461 e. The van der Waals surface area contributed by atoms with Gasteiger partial charge >= 0.3 is 5.97 Å². The van der Waals surface area contributed by atoms with Gasteiger partial charge in [0.05, 0.1) is 6.61 Å². The highest BCUT2D eigenvalue weighted by atomic mass is 16.5. The summed E-state index contributed by atoms with van der Waals surface area (Å²) in [6, 6.07) is 7.87. The summed E-state index contributed by atoms with van der Waals surface area (Å²) >= 11 is 0. The van der Waals surface area contributed by atoms with Crippen LogP contribution >= 0.6 is 0 Å². The van der Waals surface area contributed by atoms with E-state index >= 15 is 0 Å². The lowest BCUT2D eigenvalue weighted by Crippen LogP contribution is -2.21. The number of hydrogen-bond acceptors (Lipinski definition) is 4. The minimum absolute atomic E-state index is 0.174. The zero-order valence-electron chi connectivity index (χ0n) is 13.3.